The van der Waals surface area contributed by atoms with E-state index in [-0.39, 0.29) is 11.7 Å². The fourth-order valence-electron chi connectivity index (χ4n) is 2.22. The van der Waals surface area contributed by atoms with Gasteiger partial charge in [0, 0.05) is 23.2 Å². The van der Waals surface area contributed by atoms with E-state index in [9.17, 15) is 10.1 Å². The Morgan fingerprint density at radius 2 is 1.86 bits per heavy atom. The van der Waals surface area contributed by atoms with Gasteiger partial charge in [0.25, 0.3) is 5.69 Å². The van der Waals surface area contributed by atoms with Crippen LogP contribution in [0.1, 0.15) is 18.7 Å². The molecule has 0 radical (unpaired) electrons. The average Bonchev–Trinajstić information content (AvgIpc) is 2.92. The standard InChI is InChI=1S/C16H14N2O3/c1-11(16-10-12-4-2-3-5-15(12)21-16)17-13-6-8-14(9-7-13)18(19)20/h2-11,17H,1H3/t11-/m1/s1. The van der Waals surface area contributed by atoms with E-state index in [2.05, 4.69) is 5.32 Å². The molecule has 1 heterocycles. The van der Waals surface area contributed by atoms with E-state index in [4.69, 9.17) is 4.42 Å². The van der Waals surface area contributed by atoms with Crippen LogP contribution in [-0.2, 0) is 0 Å². The third-order valence-corrected chi connectivity index (χ3v) is 3.33. The summed E-state index contributed by atoms with van der Waals surface area (Å²) in [5, 5.41) is 15.0. The van der Waals surface area contributed by atoms with Gasteiger partial charge in [0.1, 0.15) is 11.3 Å². The van der Waals surface area contributed by atoms with Crippen molar-refractivity contribution in [3.05, 3.63) is 70.5 Å². The zero-order chi connectivity index (χ0) is 14.8. The van der Waals surface area contributed by atoms with Crippen LogP contribution in [0.25, 0.3) is 11.0 Å². The smallest absolute Gasteiger partial charge is 0.269 e. The molecule has 5 nitrogen and oxygen atoms in total. The Bertz CT molecular complexity index is 745. The molecule has 0 fully saturated rings. The first-order valence-corrected chi connectivity index (χ1v) is 6.63. The van der Waals surface area contributed by atoms with Crippen LogP contribution in [0.15, 0.2) is 59.0 Å². The summed E-state index contributed by atoms with van der Waals surface area (Å²) in [5.41, 5.74) is 1.75. The van der Waals surface area contributed by atoms with Gasteiger partial charge in [-0.15, -0.1) is 0 Å². The summed E-state index contributed by atoms with van der Waals surface area (Å²) in [4.78, 5) is 10.2. The predicted molar refractivity (Wildman–Crippen MR) is 81.3 cm³/mol. The molecule has 0 unspecified atom stereocenters. The highest BCUT2D eigenvalue weighted by atomic mass is 16.6. The maximum Gasteiger partial charge on any atom is 0.269 e. The van der Waals surface area contributed by atoms with Gasteiger partial charge in [-0.2, -0.15) is 0 Å². The van der Waals surface area contributed by atoms with Gasteiger partial charge < -0.3 is 9.73 Å². The summed E-state index contributed by atoms with van der Waals surface area (Å²) in [7, 11) is 0. The topological polar surface area (TPSA) is 68.3 Å². The van der Waals surface area contributed by atoms with Crippen LogP contribution in [-0.4, -0.2) is 4.92 Å². The molecular formula is C16H14N2O3. The molecule has 0 spiro atoms. The Morgan fingerprint density at radius 1 is 1.14 bits per heavy atom. The maximum atomic E-state index is 10.6. The summed E-state index contributed by atoms with van der Waals surface area (Å²) in [6.07, 6.45) is 0. The third-order valence-electron chi connectivity index (χ3n) is 3.33. The number of anilines is 1. The highest BCUT2D eigenvalue weighted by molar-refractivity contribution is 5.77. The molecular weight excluding hydrogens is 268 g/mol. The Balaban J connectivity index is 1.78. The van der Waals surface area contributed by atoms with Crippen LogP contribution in [0.5, 0.6) is 0 Å². The van der Waals surface area contributed by atoms with Gasteiger partial charge in [-0.1, -0.05) is 18.2 Å². The Kier molecular flexibility index (Phi) is 3.31. The van der Waals surface area contributed by atoms with Crippen molar-refractivity contribution in [1.82, 2.24) is 0 Å². The zero-order valence-corrected chi connectivity index (χ0v) is 11.4. The number of hydrogen-bond donors (Lipinski definition) is 1. The van der Waals surface area contributed by atoms with E-state index < -0.39 is 4.92 Å². The van der Waals surface area contributed by atoms with Crippen LogP contribution < -0.4 is 5.32 Å². The number of fused-ring (bicyclic) bond motifs is 1. The number of furan rings is 1. The molecule has 0 saturated carbocycles. The molecule has 1 N–H and O–H groups in total. The molecule has 0 bridgehead atoms. The first-order chi connectivity index (χ1) is 10.1. The first-order valence-electron chi connectivity index (χ1n) is 6.63. The summed E-state index contributed by atoms with van der Waals surface area (Å²) in [6, 6.07) is 16.1. The zero-order valence-electron chi connectivity index (χ0n) is 11.4. The van der Waals surface area contributed by atoms with Crippen molar-refractivity contribution in [3.63, 3.8) is 0 Å². The number of nitro groups is 1. The molecule has 21 heavy (non-hydrogen) atoms. The highest BCUT2D eigenvalue weighted by Crippen LogP contribution is 2.26. The Hall–Kier alpha value is -2.82. The van der Waals surface area contributed by atoms with E-state index in [0.717, 1.165) is 22.4 Å². The second kappa shape index (κ2) is 5.28. The number of nitrogens with zero attached hydrogens (tertiary/aromatic N) is 1. The number of benzene rings is 2. The average molecular weight is 282 g/mol. The molecule has 1 aromatic heterocycles. The number of rotatable bonds is 4. The van der Waals surface area contributed by atoms with Gasteiger partial charge in [-0.25, -0.2) is 0 Å². The van der Waals surface area contributed by atoms with E-state index in [1.54, 1.807) is 12.1 Å². The van der Waals surface area contributed by atoms with Gasteiger partial charge in [-0.05, 0) is 31.2 Å². The summed E-state index contributed by atoms with van der Waals surface area (Å²) in [6.45, 7) is 1.99. The molecule has 2 aromatic carbocycles. The van der Waals surface area contributed by atoms with Crippen molar-refractivity contribution in [2.75, 3.05) is 5.32 Å². The summed E-state index contributed by atoms with van der Waals surface area (Å²) >= 11 is 0. The van der Waals surface area contributed by atoms with Crippen LogP contribution in [0.2, 0.25) is 0 Å². The largest absolute Gasteiger partial charge is 0.459 e. The SMILES string of the molecule is C[C@@H](Nc1ccc([N+](=O)[O-])cc1)c1cc2ccccc2o1. The van der Waals surface area contributed by atoms with Gasteiger partial charge in [0.15, 0.2) is 0 Å². The molecule has 3 aromatic rings. The second-order valence-electron chi connectivity index (χ2n) is 4.86. The van der Waals surface area contributed by atoms with E-state index in [0.29, 0.717) is 0 Å². The monoisotopic (exact) mass is 282 g/mol. The van der Waals surface area contributed by atoms with Crippen LogP contribution in [0.4, 0.5) is 11.4 Å². The quantitative estimate of drug-likeness (QED) is 0.564. The van der Waals surface area contributed by atoms with Crippen molar-refractivity contribution in [2.24, 2.45) is 0 Å². The molecule has 5 heteroatoms. The van der Waals surface area contributed by atoms with Crippen LogP contribution in [0, 0.1) is 10.1 Å². The fourth-order valence-corrected chi connectivity index (χ4v) is 2.22. The minimum absolute atomic E-state index is 0.0288. The molecule has 0 aliphatic carbocycles. The van der Waals surface area contributed by atoms with Crippen LogP contribution >= 0.6 is 0 Å². The van der Waals surface area contributed by atoms with E-state index in [1.807, 2.05) is 37.3 Å². The third kappa shape index (κ3) is 2.72. The number of nitro benzene ring substituents is 1. The number of hydrogen-bond acceptors (Lipinski definition) is 4. The first kappa shape index (κ1) is 13.2. The fraction of sp³-hybridized carbons (Fsp3) is 0.125. The highest BCUT2D eigenvalue weighted by Gasteiger charge is 2.12. The molecule has 0 saturated heterocycles. The molecule has 1 atom stereocenters. The second-order valence-corrected chi connectivity index (χ2v) is 4.86. The van der Waals surface area contributed by atoms with Crippen molar-refractivity contribution < 1.29 is 9.34 Å². The van der Waals surface area contributed by atoms with Gasteiger partial charge >= 0.3 is 0 Å². The summed E-state index contributed by atoms with van der Waals surface area (Å²) < 4.78 is 5.79. The lowest BCUT2D eigenvalue weighted by Crippen LogP contribution is -2.05. The maximum absolute atomic E-state index is 10.6. The van der Waals surface area contributed by atoms with Crippen molar-refractivity contribution in [2.45, 2.75) is 13.0 Å². The van der Waals surface area contributed by atoms with Gasteiger partial charge in [-0.3, -0.25) is 10.1 Å². The van der Waals surface area contributed by atoms with Crippen molar-refractivity contribution >= 4 is 22.3 Å². The van der Waals surface area contributed by atoms with E-state index >= 15 is 0 Å². The van der Waals surface area contributed by atoms with E-state index in [1.165, 1.54) is 12.1 Å². The van der Waals surface area contributed by atoms with Gasteiger partial charge in [0.2, 0.25) is 0 Å². The van der Waals surface area contributed by atoms with Crippen molar-refractivity contribution in [1.29, 1.82) is 0 Å². The lowest BCUT2D eigenvalue weighted by molar-refractivity contribution is -0.384. The van der Waals surface area contributed by atoms with Crippen molar-refractivity contribution in [3.8, 4) is 0 Å². The van der Waals surface area contributed by atoms with Crippen LogP contribution in [0.3, 0.4) is 0 Å². The lowest BCUT2D eigenvalue weighted by atomic mass is 10.2. The molecule has 106 valence electrons. The number of non-ortho nitro benzene ring substituents is 1. The molecule has 0 amide bonds. The lowest BCUT2D eigenvalue weighted by Gasteiger charge is -2.12. The minimum atomic E-state index is -0.410. The molecule has 0 aliphatic rings. The molecule has 3 rings (SSSR count). The predicted octanol–water partition coefficient (Wildman–Crippen LogP) is 4.51. The van der Waals surface area contributed by atoms with Gasteiger partial charge in [0.05, 0.1) is 11.0 Å². The Labute approximate surface area is 121 Å². The minimum Gasteiger partial charge on any atom is -0.459 e. The summed E-state index contributed by atoms with van der Waals surface area (Å²) in [5.74, 6) is 0.828. The normalized spacial score (nSPS) is 12.2. The number of nitrogens with one attached hydrogen (secondary N) is 1. The molecule has 0 aliphatic heterocycles. The Morgan fingerprint density at radius 3 is 2.52 bits per heavy atom. The number of para-hydroxylation sites is 1.